The van der Waals surface area contributed by atoms with Gasteiger partial charge in [0.1, 0.15) is 0 Å². The van der Waals surface area contributed by atoms with Crippen molar-refractivity contribution >= 4 is 23.2 Å². The van der Waals surface area contributed by atoms with E-state index in [1.165, 1.54) is 5.38 Å². The summed E-state index contributed by atoms with van der Waals surface area (Å²) in [6, 6.07) is 0. The van der Waals surface area contributed by atoms with Gasteiger partial charge < -0.3 is 10.0 Å². The number of aromatic carboxylic acids is 1. The number of thiazole rings is 1. The standard InChI is InChI=1S/C11H16N2O3S/c1-11(2,3)6-13(4)9(14)8-12-7(5-17-8)10(15)16/h5H,6H2,1-4H3,(H,15,16). The Balaban J connectivity index is 2.78. The lowest BCUT2D eigenvalue weighted by Gasteiger charge is -2.25. The number of carboxylic acid groups (broad SMARTS) is 1. The molecule has 0 atom stereocenters. The van der Waals surface area contributed by atoms with E-state index in [4.69, 9.17) is 5.11 Å². The maximum absolute atomic E-state index is 11.9. The molecule has 1 aromatic heterocycles. The molecule has 1 amide bonds. The molecule has 0 aliphatic rings. The van der Waals surface area contributed by atoms with E-state index in [0.29, 0.717) is 6.54 Å². The van der Waals surface area contributed by atoms with Gasteiger partial charge in [0.25, 0.3) is 5.91 Å². The maximum atomic E-state index is 11.9. The summed E-state index contributed by atoms with van der Waals surface area (Å²) in [6.07, 6.45) is 0. The van der Waals surface area contributed by atoms with Crippen LogP contribution in [0.25, 0.3) is 0 Å². The lowest BCUT2D eigenvalue weighted by Crippen LogP contribution is -2.34. The number of nitrogens with zero attached hydrogens (tertiary/aromatic N) is 2. The van der Waals surface area contributed by atoms with Gasteiger partial charge in [0.05, 0.1) is 0 Å². The first kappa shape index (κ1) is 13.6. The van der Waals surface area contributed by atoms with E-state index < -0.39 is 5.97 Å². The van der Waals surface area contributed by atoms with Crippen LogP contribution in [0.4, 0.5) is 0 Å². The summed E-state index contributed by atoms with van der Waals surface area (Å²) in [5, 5.41) is 10.3. The highest BCUT2D eigenvalue weighted by molar-refractivity contribution is 7.11. The molecule has 0 bridgehead atoms. The molecule has 1 rings (SSSR count). The van der Waals surface area contributed by atoms with E-state index >= 15 is 0 Å². The minimum absolute atomic E-state index is 0.00268. The van der Waals surface area contributed by atoms with Gasteiger partial charge in [0.2, 0.25) is 0 Å². The average Bonchev–Trinajstić information content (AvgIpc) is 2.62. The molecule has 0 unspecified atom stereocenters. The van der Waals surface area contributed by atoms with Crippen LogP contribution in [0, 0.1) is 5.41 Å². The van der Waals surface area contributed by atoms with Crippen molar-refractivity contribution in [3.8, 4) is 0 Å². The maximum Gasteiger partial charge on any atom is 0.355 e. The fourth-order valence-electron chi connectivity index (χ4n) is 1.42. The highest BCUT2D eigenvalue weighted by atomic mass is 32.1. The molecule has 0 aliphatic carbocycles. The molecule has 17 heavy (non-hydrogen) atoms. The number of amides is 1. The van der Waals surface area contributed by atoms with Crippen molar-refractivity contribution in [2.45, 2.75) is 20.8 Å². The van der Waals surface area contributed by atoms with Gasteiger partial charge in [-0.3, -0.25) is 4.79 Å². The minimum atomic E-state index is -1.11. The number of aromatic nitrogens is 1. The number of carboxylic acids is 1. The van der Waals surface area contributed by atoms with Crippen molar-refractivity contribution in [2.24, 2.45) is 5.41 Å². The second kappa shape index (κ2) is 4.83. The first-order valence-electron chi connectivity index (χ1n) is 5.15. The van der Waals surface area contributed by atoms with Crippen molar-refractivity contribution in [1.29, 1.82) is 0 Å². The van der Waals surface area contributed by atoms with E-state index in [9.17, 15) is 9.59 Å². The number of carbonyl (C=O) groups excluding carboxylic acids is 1. The number of carbonyl (C=O) groups is 2. The third kappa shape index (κ3) is 3.81. The van der Waals surface area contributed by atoms with E-state index in [0.717, 1.165) is 11.3 Å². The molecule has 0 saturated carbocycles. The van der Waals surface area contributed by atoms with Gasteiger partial charge in [-0.1, -0.05) is 20.8 Å². The molecule has 0 spiro atoms. The Bertz CT molecular complexity index is 434. The van der Waals surface area contributed by atoms with Crippen molar-refractivity contribution in [3.05, 3.63) is 16.1 Å². The molecule has 0 saturated heterocycles. The third-order valence-corrected chi connectivity index (χ3v) is 2.79. The normalized spacial score (nSPS) is 11.3. The highest BCUT2D eigenvalue weighted by Crippen LogP contribution is 2.17. The molecule has 1 heterocycles. The molecular weight excluding hydrogens is 240 g/mol. The van der Waals surface area contributed by atoms with Crippen molar-refractivity contribution in [3.63, 3.8) is 0 Å². The van der Waals surface area contributed by atoms with Gasteiger partial charge in [-0.05, 0) is 5.41 Å². The summed E-state index contributed by atoms with van der Waals surface area (Å²) in [7, 11) is 1.69. The zero-order chi connectivity index (χ0) is 13.2. The zero-order valence-electron chi connectivity index (χ0n) is 10.4. The minimum Gasteiger partial charge on any atom is -0.476 e. The van der Waals surface area contributed by atoms with Crippen LogP contribution in [0.3, 0.4) is 0 Å². The van der Waals surface area contributed by atoms with Gasteiger partial charge in [-0.2, -0.15) is 0 Å². The first-order chi connectivity index (χ1) is 7.70. The Morgan fingerprint density at radius 2 is 2.06 bits per heavy atom. The Morgan fingerprint density at radius 1 is 1.47 bits per heavy atom. The summed E-state index contributed by atoms with van der Waals surface area (Å²) >= 11 is 1.06. The molecular formula is C11H16N2O3S. The quantitative estimate of drug-likeness (QED) is 0.897. The van der Waals surface area contributed by atoms with Crippen LogP contribution in [0.15, 0.2) is 5.38 Å². The molecule has 1 aromatic rings. The second-order valence-electron chi connectivity index (χ2n) is 5.06. The Morgan fingerprint density at radius 3 is 2.47 bits per heavy atom. The fraction of sp³-hybridized carbons (Fsp3) is 0.545. The zero-order valence-corrected chi connectivity index (χ0v) is 11.2. The predicted octanol–water partition coefficient (Wildman–Crippen LogP) is 1.96. The summed E-state index contributed by atoms with van der Waals surface area (Å²) in [5.41, 5.74) is -0.0837. The molecule has 94 valence electrons. The third-order valence-electron chi connectivity index (χ3n) is 1.96. The van der Waals surface area contributed by atoms with Crippen LogP contribution in [-0.2, 0) is 0 Å². The van der Waals surface area contributed by atoms with Crippen molar-refractivity contribution in [2.75, 3.05) is 13.6 Å². The average molecular weight is 256 g/mol. The van der Waals surface area contributed by atoms with E-state index in [1.807, 2.05) is 20.8 Å². The molecule has 0 aliphatic heterocycles. The predicted molar refractivity (Wildman–Crippen MR) is 65.5 cm³/mol. The van der Waals surface area contributed by atoms with Crippen molar-refractivity contribution < 1.29 is 14.7 Å². The van der Waals surface area contributed by atoms with Gasteiger partial charge in [-0.25, -0.2) is 9.78 Å². The molecule has 0 aromatic carbocycles. The van der Waals surface area contributed by atoms with Crippen LogP contribution in [0.1, 0.15) is 41.1 Å². The Hall–Kier alpha value is -1.43. The molecule has 6 heteroatoms. The van der Waals surface area contributed by atoms with Crippen LogP contribution < -0.4 is 0 Å². The lowest BCUT2D eigenvalue weighted by atomic mass is 9.96. The highest BCUT2D eigenvalue weighted by Gasteiger charge is 2.22. The van der Waals surface area contributed by atoms with Crippen LogP contribution in [0.2, 0.25) is 0 Å². The van der Waals surface area contributed by atoms with E-state index in [2.05, 4.69) is 4.98 Å². The van der Waals surface area contributed by atoms with Gasteiger partial charge in [0, 0.05) is 19.0 Å². The van der Waals surface area contributed by atoms with Gasteiger partial charge in [0.15, 0.2) is 10.7 Å². The Kier molecular flexibility index (Phi) is 3.87. The van der Waals surface area contributed by atoms with E-state index in [-0.39, 0.29) is 22.0 Å². The smallest absolute Gasteiger partial charge is 0.355 e. The summed E-state index contributed by atoms with van der Waals surface area (Å²) in [6.45, 7) is 6.68. The summed E-state index contributed by atoms with van der Waals surface area (Å²) < 4.78 is 0. The molecule has 5 nitrogen and oxygen atoms in total. The van der Waals surface area contributed by atoms with Crippen LogP contribution in [-0.4, -0.2) is 40.5 Å². The van der Waals surface area contributed by atoms with E-state index in [1.54, 1.807) is 11.9 Å². The summed E-state index contributed by atoms with van der Waals surface area (Å²) in [5.74, 6) is -1.35. The SMILES string of the molecule is CN(CC(C)(C)C)C(=O)c1nc(C(=O)O)cs1. The topological polar surface area (TPSA) is 70.5 Å². The van der Waals surface area contributed by atoms with Crippen molar-refractivity contribution in [1.82, 2.24) is 9.88 Å². The van der Waals surface area contributed by atoms with Crippen LogP contribution >= 0.6 is 11.3 Å². The summed E-state index contributed by atoms with van der Waals surface area (Å²) in [4.78, 5) is 27.9. The second-order valence-corrected chi connectivity index (χ2v) is 5.92. The molecule has 1 N–H and O–H groups in total. The molecule has 0 fully saturated rings. The Labute approximate surface area is 104 Å². The van der Waals surface area contributed by atoms with Crippen LogP contribution in [0.5, 0.6) is 0 Å². The fourth-order valence-corrected chi connectivity index (χ4v) is 2.20. The number of hydrogen-bond acceptors (Lipinski definition) is 4. The monoisotopic (exact) mass is 256 g/mol. The lowest BCUT2D eigenvalue weighted by molar-refractivity contribution is 0.0691. The van der Waals surface area contributed by atoms with Gasteiger partial charge in [-0.15, -0.1) is 11.3 Å². The largest absolute Gasteiger partial charge is 0.476 e. The first-order valence-corrected chi connectivity index (χ1v) is 6.03. The molecule has 0 radical (unpaired) electrons. The number of hydrogen-bond donors (Lipinski definition) is 1. The number of rotatable bonds is 3. The van der Waals surface area contributed by atoms with Gasteiger partial charge >= 0.3 is 5.97 Å².